The van der Waals surface area contributed by atoms with E-state index in [1.165, 1.54) is 0 Å². The lowest BCUT2D eigenvalue weighted by Gasteiger charge is -2.48. The van der Waals surface area contributed by atoms with Crippen molar-refractivity contribution in [3.8, 4) is 5.75 Å². The number of benzene rings is 1. The minimum absolute atomic E-state index is 0.152. The maximum atomic E-state index is 15.2. The van der Waals surface area contributed by atoms with E-state index in [0.29, 0.717) is 13.1 Å². The molecule has 4 rings (SSSR count). The number of phenolic OH excluding ortho intramolecular Hbond substituents is 1. The third-order valence-corrected chi connectivity index (χ3v) is 7.49. The van der Waals surface area contributed by atoms with Crippen molar-refractivity contribution in [2.24, 2.45) is 23.3 Å². The lowest BCUT2D eigenvalue weighted by Crippen LogP contribution is -2.65. The van der Waals surface area contributed by atoms with E-state index in [0.717, 1.165) is 6.07 Å². The molecule has 1 aromatic carbocycles. The van der Waals surface area contributed by atoms with Gasteiger partial charge in [0.2, 0.25) is 11.7 Å². The van der Waals surface area contributed by atoms with Crippen LogP contribution in [0.25, 0.3) is 5.76 Å². The molecule has 1 aromatic rings. The largest absolute Gasteiger partial charge is 0.508 e. The highest BCUT2D eigenvalue weighted by atomic mass is 19.1. The normalized spacial score (nSPS) is 26.4. The van der Waals surface area contributed by atoms with Gasteiger partial charge in [0.1, 0.15) is 22.9 Å². The Morgan fingerprint density at radius 1 is 1.23 bits per heavy atom. The van der Waals surface area contributed by atoms with E-state index >= 15 is 4.39 Å². The number of carbonyl (C=O) groups is 4. The molecule has 0 saturated heterocycles. The monoisotopic (exact) mass is 547 g/mol. The minimum atomic E-state index is -2.87. The summed E-state index contributed by atoms with van der Waals surface area (Å²) in [5, 5.41) is 49.2. The molecule has 13 nitrogen and oxygen atoms in total. The molecule has 39 heavy (non-hydrogen) atoms. The number of hydrogen-bond acceptors (Lipinski definition) is 11. The highest BCUT2D eigenvalue weighted by Gasteiger charge is 2.63. The number of aliphatic hydroxyl groups is 3. The Hall–Kier alpha value is -3.85. The molecule has 3 aliphatic carbocycles. The first-order valence-electron chi connectivity index (χ1n) is 12.1. The average Bonchev–Trinajstić information content (AvgIpc) is 2.85. The second kappa shape index (κ2) is 10.0. The quantitative estimate of drug-likeness (QED) is 0.112. The van der Waals surface area contributed by atoms with E-state index in [9.17, 15) is 39.6 Å². The van der Waals surface area contributed by atoms with E-state index in [1.807, 2.05) is 19.0 Å². The second-order valence-electron chi connectivity index (χ2n) is 10.2. The van der Waals surface area contributed by atoms with Crippen LogP contribution in [0.2, 0.25) is 0 Å². The number of nitrogens with two attached hydrogens (primary N) is 2. The zero-order valence-electron chi connectivity index (χ0n) is 21.2. The number of likely N-dealkylation sites (N-methyl/N-ethyl adjacent to an activating group) is 1. The molecule has 1 saturated carbocycles. The lowest BCUT2D eigenvalue weighted by atomic mass is 9.58. The molecule has 0 spiro atoms. The summed E-state index contributed by atoms with van der Waals surface area (Å²) in [7, 11) is 3.71. The fourth-order valence-corrected chi connectivity index (χ4v) is 5.53. The van der Waals surface area contributed by atoms with E-state index in [4.69, 9.17) is 11.5 Å². The summed E-state index contributed by atoms with van der Waals surface area (Å²) in [4.78, 5) is 52.2. The first-order valence-corrected chi connectivity index (χ1v) is 12.1. The van der Waals surface area contributed by atoms with Gasteiger partial charge in [0.25, 0.3) is 5.91 Å². The van der Waals surface area contributed by atoms with Crippen LogP contribution >= 0.6 is 0 Å². The number of amides is 2. The van der Waals surface area contributed by atoms with Crippen molar-refractivity contribution in [2.75, 3.05) is 39.0 Å². The van der Waals surface area contributed by atoms with Crippen LogP contribution in [0.15, 0.2) is 23.0 Å². The highest BCUT2D eigenvalue weighted by molar-refractivity contribution is 6.24. The maximum absolute atomic E-state index is 15.2. The van der Waals surface area contributed by atoms with Gasteiger partial charge in [0.05, 0.1) is 23.8 Å². The van der Waals surface area contributed by atoms with Crippen LogP contribution in [0.4, 0.5) is 10.1 Å². The van der Waals surface area contributed by atoms with E-state index in [1.54, 1.807) is 0 Å². The fourth-order valence-electron chi connectivity index (χ4n) is 5.53. The Balaban J connectivity index is 1.74. The van der Waals surface area contributed by atoms with Gasteiger partial charge in [-0.15, -0.1) is 0 Å². The fraction of sp³-hybridized carbons (Fsp3) is 0.440. The molecule has 4 atom stereocenters. The van der Waals surface area contributed by atoms with Gasteiger partial charge >= 0.3 is 0 Å². The molecule has 3 aliphatic rings. The summed E-state index contributed by atoms with van der Waals surface area (Å²) in [6.07, 6.45) is -0.484. The van der Waals surface area contributed by atoms with Crippen molar-refractivity contribution in [1.82, 2.24) is 10.2 Å². The van der Waals surface area contributed by atoms with Gasteiger partial charge in [-0.2, -0.15) is 0 Å². The van der Waals surface area contributed by atoms with Crippen molar-refractivity contribution < 1.29 is 44.0 Å². The number of nitrogens with zero attached hydrogens (tertiary/aromatic N) is 1. The highest BCUT2D eigenvalue weighted by Crippen LogP contribution is 2.52. The van der Waals surface area contributed by atoms with Crippen LogP contribution in [-0.4, -0.2) is 94.1 Å². The molecule has 1 fully saturated rings. The molecule has 0 unspecified atom stereocenters. The van der Waals surface area contributed by atoms with E-state index < -0.39 is 86.7 Å². The van der Waals surface area contributed by atoms with Crippen molar-refractivity contribution in [3.63, 3.8) is 0 Å². The number of nitrogens with one attached hydrogen (secondary N) is 2. The molecule has 0 radical (unpaired) electrons. The van der Waals surface area contributed by atoms with Crippen molar-refractivity contribution in [1.29, 1.82) is 0 Å². The smallest absolute Gasteiger partial charge is 0.255 e. The number of phenols is 1. The summed E-state index contributed by atoms with van der Waals surface area (Å²) in [5.41, 5.74) is 5.77. The van der Waals surface area contributed by atoms with Crippen LogP contribution < -0.4 is 22.1 Å². The molecular weight excluding hydrogens is 517 g/mol. The predicted octanol–water partition coefficient (Wildman–Crippen LogP) is -1.41. The van der Waals surface area contributed by atoms with Gasteiger partial charge in [-0.25, -0.2) is 4.39 Å². The molecule has 0 aromatic heterocycles. The van der Waals surface area contributed by atoms with Gasteiger partial charge in [-0.1, -0.05) is 0 Å². The predicted molar refractivity (Wildman–Crippen MR) is 135 cm³/mol. The Kier molecular flexibility index (Phi) is 7.25. The average molecular weight is 548 g/mol. The lowest BCUT2D eigenvalue weighted by molar-refractivity contribution is -0.149. The number of aromatic hydroxyl groups is 1. The third kappa shape index (κ3) is 4.44. The van der Waals surface area contributed by atoms with Gasteiger partial charge in [-0.3, -0.25) is 19.2 Å². The van der Waals surface area contributed by atoms with Gasteiger partial charge in [0, 0.05) is 36.2 Å². The summed E-state index contributed by atoms with van der Waals surface area (Å²) < 4.78 is 15.2. The number of anilines is 1. The van der Waals surface area contributed by atoms with Crippen molar-refractivity contribution >= 4 is 34.8 Å². The van der Waals surface area contributed by atoms with Crippen LogP contribution in [-0.2, 0) is 25.6 Å². The first kappa shape index (κ1) is 28.2. The number of hydrogen-bond donors (Lipinski definition) is 8. The number of aliphatic hydroxyl groups excluding tert-OH is 2. The van der Waals surface area contributed by atoms with Gasteiger partial charge in [0.15, 0.2) is 17.1 Å². The Morgan fingerprint density at radius 3 is 2.51 bits per heavy atom. The number of carbonyl (C=O) groups excluding carboxylic acids is 4. The number of fused-ring (bicyclic) bond motifs is 3. The molecule has 14 heteroatoms. The first-order chi connectivity index (χ1) is 18.2. The summed E-state index contributed by atoms with van der Waals surface area (Å²) in [5.74, 6) is -10.5. The maximum Gasteiger partial charge on any atom is 0.255 e. The van der Waals surface area contributed by atoms with Gasteiger partial charge in [-0.05, 0) is 32.9 Å². The van der Waals surface area contributed by atoms with E-state index in [-0.39, 0.29) is 30.6 Å². The molecule has 2 amide bonds. The third-order valence-electron chi connectivity index (χ3n) is 7.49. The SMILES string of the molecule is CN(C)CCNCC(=O)Nc1cc(F)c2c(c1O)C(O)=C1C(=O)[C@]3(O)C(O)=C(C(N)=O)C(=O)[C@@H](N)[C@@H]3C[C@@H]1C2. The Bertz CT molecular complexity index is 1360. The van der Waals surface area contributed by atoms with Crippen molar-refractivity contribution in [2.45, 2.75) is 24.5 Å². The number of rotatable bonds is 7. The molecule has 0 aliphatic heterocycles. The van der Waals surface area contributed by atoms with E-state index in [2.05, 4.69) is 10.6 Å². The molecular formula is C25H30FN5O8. The van der Waals surface area contributed by atoms with Crippen LogP contribution in [0.1, 0.15) is 17.5 Å². The Labute approximate surface area is 221 Å². The summed E-state index contributed by atoms with van der Waals surface area (Å²) >= 11 is 0. The van der Waals surface area contributed by atoms with Crippen LogP contribution in [0, 0.1) is 17.7 Å². The Morgan fingerprint density at radius 2 is 1.90 bits per heavy atom. The van der Waals surface area contributed by atoms with Gasteiger partial charge < -0.3 is 47.4 Å². The number of ketones is 2. The zero-order valence-corrected chi connectivity index (χ0v) is 21.2. The molecule has 10 N–H and O–H groups in total. The number of Topliss-reactive ketones (excluding diaryl/α,β-unsaturated/α-hetero) is 2. The van der Waals surface area contributed by atoms with Crippen molar-refractivity contribution in [3.05, 3.63) is 39.9 Å². The zero-order chi connectivity index (χ0) is 29.0. The number of halogens is 1. The molecule has 0 bridgehead atoms. The number of primary amides is 1. The topological polar surface area (TPSA) is 229 Å². The standard InChI is InChI=1S/C25H30FN5O8/c1-31(2)4-3-29-8-14(32)30-13-7-12(26)10-5-9-6-11-18(27)21(35)17(24(28)38)23(37)25(11,39)22(36)15(9)20(34)16(10)19(13)33/h7,9,11,18,29,33-34,37,39H,3-6,8,27H2,1-2H3,(H2,28,38)(H,30,32)/t9-,11-,18-,25-/m0/s1. The van der Waals surface area contributed by atoms with Crippen LogP contribution in [0.3, 0.4) is 0 Å². The summed E-state index contributed by atoms with van der Waals surface area (Å²) in [6, 6.07) is -0.709. The summed E-state index contributed by atoms with van der Waals surface area (Å²) in [6.45, 7) is 0.987. The molecule has 210 valence electrons. The van der Waals surface area contributed by atoms with Crippen LogP contribution in [0.5, 0.6) is 5.75 Å². The minimum Gasteiger partial charge on any atom is -0.508 e. The molecule has 0 heterocycles. The second-order valence-corrected chi connectivity index (χ2v) is 10.2.